The van der Waals surface area contributed by atoms with E-state index < -0.39 is 8.07 Å². The minimum atomic E-state index is -2.19. The van der Waals surface area contributed by atoms with E-state index in [0.717, 1.165) is 51.2 Å². The Morgan fingerprint density at radius 2 is 0.882 bits per heavy atom. The average Bonchev–Trinajstić information content (AvgIpc) is 3.16. The van der Waals surface area contributed by atoms with Gasteiger partial charge >= 0.3 is 0 Å². The van der Waals surface area contributed by atoms with Gasteiger partial charge in [-0.25, -0.2) is 8.78 Å². The first kappa shape index (κ1) is 30.0. The largest absolute Gasteiger partial charge is 0.311 e. The molecule has 0 amide bonds. The van der Waals surface area contributed by atoms with Gasteiger partial charge in [0.2, 0.25) is 0 Å². The first-order chi connectivity index (χ1) is 24.9. The number of hydrogen-bond acceptors (Lipinski definition) is 3. The average molecular weight is 680 g/mol. The molecule has 0 atom stereocenters. The lowest BCUT2D eigenvalue weighted by molar-refractivity contribution is 0.627. The molecule has 7 aromatic carbocycles. The molecule has 0 N–H and O–H groups in total. The third-order valence-electron chi connectivity index (χ3n) is 10.9. The zero-order valence-corrected chi connectivity index (χ0v) is 29.2. The second-order valence-electron chi connectivity index (χ2n) is 14.1. The number of hydrogen-bond donors (Lipinski definition) is 0. The van der Waals surface area contributed by atoms with E-state index in [1.54, 1.807) is 24.3 Å². The predicted molar refractivity (Wildman–Crippen MR) is 212 cm³/mol. The molecule has 0 aromatic heterocycles. The van der Waals surface area contributed by atoms with E-state index in [-0.39, 0.29) is 18.3 Å². The fraction of sp³-hybridized carbons (Fsp3) is 0.0455. The quantitative estimate of drug-likeness (QED) is 0.169. The maximum atomic E-state index is 14.5. The van der Waals surface area contributed by atoms with Gasteiger partial charge in [0.15, 0.2) is 0 Å². The molecule has 0 fully saturated rings. The molecule has 0 aliphatic carbocycles. The SMILES string of the molecule is C[Si]1(C)c2cccc3c2B2c4c(cc(N(c5ccccc5)c5ccccc5)cc4N(c4ccc(F)cc4)c4cccc1c42)N3c1ccc(F)cc1. The number of rotatable bonds is 5. The van der Waals surface area contributed by atoms with Crippen molar-refractivity contribution in [1.29, 1.82) is 0 Å². The van der Waals surface area contributed by atoms with Crippen molar-refractivity contribution in [3.8, 4) is 0 Å². The fourth-order valence-corrected chi connectivity index (χ4v) is 12.0. The molecule has 0 bridgehead atoms. The Morgan fingerprint density at radius 3 is 1.31 bits per heavy atom. The van der Waals surface area contributed by atoms with Gasteiger partial charge in [0, 0.05) is 45.5 Å². The van der Waals surface area contributed by atoms with Crippen LogP contribution in [0.3, 0.4) is 0 Å². The van der Waals surface area contributed by atoms with Crippen molar-refractivity contribution < 1.29 is 8.78 Å². The summed E-state index contributed by atoms with van der Waals surface area (Å²) in [6.45, 7) is 4.90. The number of halogens is 2. The standard InChI is InChI=1S/C44H32BF2N3Si/c1-51(2)40-17-9-15-36-43(40)45-42-38(49(36)33-23-19-29(46)20-24-33)27-35(48(31-11-5-3-6-12-31)32-13-7-4-8-14-32)28-39(42)50(34-25-21-30(47)22-26-34)37-16-10-18-41(51)44(37)45/h3-28H,1-2H3. The first-order valence-corrected chi connectivity index (χ1v) is 20.4. The zero-order valence-electron chi connectivity index (χ0n) is 28.2. The highest BCUT2D eigenvalue weighted by Crippen LogP contribution is 2.48. The van der Waals surface area contributed by atoms with Crippen LogP contribution in [0.1, 0.15) is 0 Å². The highest BCUT2D eigenvalue weighted by atomic mass is 28.3. The summed E-state index contributed by atoms with van der Waals surface area (Å²) in [6, 6.07) is 52.6. The number of para-hydroxylation sites is 2. The van der Waals surface area contributed by atoms with E-state index in [1.807, 2.05) is 36.4 Å². The molecule has 0 saturated carbocycles. The molecule has 10 rings (SSSR count). The van der Waals surface area contributed by atoms with Crippen molar-refractivity contribution in [3.63, 3.8) is 0 Å². The van der Waals surface area contributed by atoms with Crippen LogP contribution in [0.25, 0.3) is 0 Å². The topological polar surface area (TPSA) is 9.72 Å². The first-order valence-electron chi connectivity index (χ1n) is 17.4. The summed E-state index contributed by atoms with van der Waals surface area (Å²) in [4.78, 5) is 6.95. The second kappa shape index (κ2) is 11.0. The minimum absolute atomic E-state index is 0.00253. The van der Waals surface area contributed by atoms with Crippen molar-refractivity contribution in [2.45, 2.75) is 13.1 Å². The van der Waals surface area contributed by atoms with Gasteiger partial charge in [-0.05, 0) is 113 Å². The Hall–Kier alpha value is -5.92. The fourth-order valence-electron chi connectivity index (χ4n) is 8.77. The summed E-state index contributed by atoms with van der Waals surface area (Å²) in [5.74, 6) is -0.540. The minimum Gasteiger partial charge on any atom is -0.311 e. The van der Waals surface area contributed by atoms with Crippen molar-refractivity contribution in [3.05, 3.63) is 169 Å². The highest BCUT2D eigenvalue weighted by Gasteiger charge is 2.51. The normalized spacial score (nSPS) is 14.3. The summed E-state index contributed by atoms with van der Waals surface area (Å²) >= 11 is 0. The van der Waals surface area contributed by atoms with Crippen LogP contribution in [0.15, 0.2) is 158 Å². The molecular weight excluding hydrogens is 647 g/mol. The monoisotopic (exact) mass is 679 g/mol. The second-order valence-corrected chi connectivity index (χ2v) is 18.4. The van der Waals surface area contributed by atoms with Crippen molar-refractivity contribution in [2.24, 2.45) is 0 Å². The van der Waals surface area contributed by atoms with Gasteiger partial charge < -0.3 is 14.7 Å². The maximum Gasteiger partial charge on any atom is 0.251 e. The summed E-state index contributed by atoms with van der Waals surface area (Å²) in [7, 11) is -2.19. The molecule has 51 heavy (non-hydrogen) atoms. The molecule has 0 radical (unpaired) electrons. The molecule has 0 saturated heterocycles. The van der Waals surface area contributed by atoms with E-state index in [1.165, 1.54) is 26.8 Å². The van der Waals surface area contributed by atoms with Crippen molar-refractivity contribution >= 4 is 92.7 Å². The van der Waals surface area contributed by atoms with E-state index >= 15 is 0 Å². The van der Waals surface area contributed by atoms with Crippen LogP contribution in [0, 0.1) is 11.6 Å². The maximum absolute atomic E-state index is 14.5. The molecule has 7 aromatic rings. The van der Waals surface area contributed by atoms with Gasteiger partial charge in [-0.15, -0.1) is 0 Å². The van der Waals surface area contributed by atoms with Gasteiger partial charge in [0.05, 0.1) is 5.69 Å². The van der Waals surface area contributed by atoms with Crippen LogP contribution in [-0.2, 0) is 0 Å². The molecule has 3 nitrogen and oxygen atoms in total. The Bertz CT molecular complexity index is 2320. The summed E-state index contributed by atoms with van der Waals surface area (Å²) in [5, 5.41) is 2.85. The molecule has 3 aliphatic rings. The van der Waals surface area contributed by atoms with Gasteiger partial charge in [0.1, 0.15) is 19.7 Å². The Labute approximate surface area is 297 Å². The molecular formula is C44H32BF2N3Si. The zero-order chi connectivity index (χ0) is 34.4. The third-order valence-corrected chi connectivity index (χ3v) is 14.5. The van der Waals surface area contributed by atoms with Crippen LogP contribution >= 0.6 is 0 Å². The molecule has 7 heteroatoms. The Balaban J connectivity index is 1.36. The number of nitrogens with zero attached hydrogens (tertiary/aromatic N) is 3. The Morgan fingerprint density at radius 1 is 0.451 bits per heavy atom. The van der Waals surface area contributed by atoms with Crippen LogP contribution in [0.4, 0.5) is 60.0 Å². The lowest BCUT2D eigenvalue weighted by Gasteiger charge is -2.50. The summed E-state index contributed by atoms with van der Waals surface area (Å²) < 4.78 is 29.1. The highest BCUT2D eigenvalue weighted by molar-refractivity contribution is 7.16. The molecule has 3 heterocycles. The van der Waals surface area contributed by atoms with Gasteiger partial charge in [-0.2, -0.15) is 0 Å². The molecule has 0 spiro atoms. The summed E-state index contributed by atoms with van der Waals surface area (Å²) in [6.07, 6.45) is 0. The molecule has 0 unspecified atom stereocenters. The van der Waals surface area contributed by atoms with E-state index in [4.69, 9.17) is 0 Å². The number of anilines is 9. The van der Waals surface area contributed by atoms with Crippen molar-refractivity contribution in [1.82, 2.24) is 0 Å². The summed E-state index contributed by atoms with van der Waals surface area (Å²) in [5.41, 5.74) is 13.0. The van der Waals surface area contributed by atoms with Crippen LogP contribution in [-0.4, -0.2) is 14.8 Å². The van der Waals surface area contributed by atoms with Gasteiger partial charge in [-0.3, -0.25) is 0 Å². The smallest absolute Gasteiger partial charge is 0.251 e. The van der Waals surface area contributed by atoms with Gasteiger partial charge in [0.25, 0.3) is 6.71 Å². The van der Waals surface area contributed by atoms with E-state index in [0.29, 0.717) is 0 Å². The van der Waals surface area contributed by atoms with E-state index in [9.17, 15) is 8.78 Å². The lowest BCUT2D eigenvalue weighted by Crippen LogP contribution is -2.79. The van der Waals surface area contributed by atoms with Crippen LogP contribution in [0.5, 0.6) is 0 Å². The molecule has 244 valence electrons. The number of benzene rings is 7. The Kier molecular flexibility index (Phi) is 6.48. The predicted octanol–water partition coefficient (Wildman–Crippen LogP) is 8.65. The lowest BCUT2D eigenvalue weighted by atomic mass is 9.33. The van der Waals surface area contributed by atoms with E-state index in [2.05, 4.69) is 125 Å². The third kappa shape index (κ3) is 4.34. The van der Waals surface area contributed by atoms with Gasteiger partial charge in [-0.1, -0.05) is 84.1 Å². The van der Waals surface area contributed by atoms with Crippen molar-refractivity contribution in [2.75, 3.05) is 14.7 Å². The molecule has 3 aliphatic heterocycles. The van der Waals surface area contributed by atoms with Crippen LogP contribution in [0.2, 0.25) is 13.1 Å². The van der Waals surface area contributed by atoms with Crippen LogP contribution < -0.4 is 41.5 Å².